The lowest BCUT2D eigenvalue weighted by Crippen LogP contribution is -1.68. The lowest BCUT2D eigenvalue weighted by atomic mass is 10.8. The van der Waals surface area contributed by atoms with Gasteiger partial charge in [0.2, 0.25) is 0 Å². The maximum Gasteiger partial charge on any atom is 0.103 e. The topological polar surface area (TPSA) is 28.7 Å². The summed E-state index contributed by atoms with van der Waals surface area (Å²) >= 11 is 3.99. The van der Waals surface area contributed by atoms with Crippen LogP contribution >= 0.6 is 12.6 Å². The first-order chi connectivity index (χ1) is 4.29. The second kappa shape index (κ2) is 4.44. The number of aromatic nitrogens is 2. The van der Waals surface area contributed by atoms with Crippen LogP contribution in [-0.2, 0) is 0 Å². The zero-order valence-corrected chi connectivity index (χ0v) is 6.87. The first-order valence-corrected chi connectivity index (χ1v) is 3.44. The quantitative estimate of drug-likeness (QED) is 0.536. The molecule has 1 rings (SSSR count). The van der Waals surface area contributed by atoms with E-state index in [0.29, 0.717) is 0 Å². The number of aryl methyl sites for hydroxylation is 1. The average Bonchev–Trinajstić information content (AvgIpc) is 2.20. The van der Waals surface area contributed by atoms with Gasteiger partial charge >= 0.3 is 0 Å². The maximum absolute atomic E-state index is 3.99. The second-order valence-electron chi connectivity index (χ2n) is 1.35. The first kappa shape index (κ1) is 8.56. The Morgan fingerprint density at radius 2 is 2.11 bits per heavy atom. The molecule has 9 heavy (non-hydrogen) atoms. The predicted molar refractivity (Wildman–Crippen MR) is 41.9 cm³/mol. The summed E-state index contributed by atoms with van der Waals surface area (Å²) in [6.45, 7) is 5.89. The van der Waals surface area contributed by atoms with Crippen LogP contribution in [0.4, 0.5) is 0 Å². The summed E-state index contributed by atoms with van der Waals surface area (Å²) in [7, 11) is 0. The summed E-state index contributed by atoms with van der Waals surface area (Å²) in [4.78, 5) is 6.78. The molecule has 0 atom stereocenters. The molecule has 0 saturated carbocycles. The predicted octanol–water partition coefficient (Wildman–Crippen LogP) is 2.03. The van der Waals surface area contributed by atoms with Crippen LogP contribution in [0.25, 0.3) is 0 Å². The van der Waals surface area contributed by atoms with Crippen LogP contribution in [0.5, 0.6) is 0 Å². The standard InChI is InChI=1S/C4H6N2S.C2H6/c1-3-5-2-4(7)6-3;1-2/h2,7H,1H3,(H,5,6);1-2H3. The van der Waals surface area contributed by atoms with Crippen molar-refractivity contribution in [1.82, 2.24) is 9.97 Å². The molecule has 1 heterocycles. The highest BCUT2D eigenvalue weighted by atomic mass is 32.1. The monoisotopic (exact) mass is 144 g/mol. The average molecular weight is 144 g/mol. The van der Waals surface area contributed by atoms with Crippen molar-refractivity contribution in [2.45, 2.75) is 25.8 Å². The van der Waals surface area contributed by atoms with Crippen molar-refractivity contribution in [2.24, 2.45) is 0 Å². The van der Waals surface area contributed by atoms with E-state index < -0.39 is 0 Å². The highest BCUT2D eigenvalue weighted by Crippen LogP contribution is 1.97. The van der Waals surface area contributed by atoms with E-state index in [4.69, 9.17) is 0 Å². The summed E-state index contributed by atoms with van der Waals surface area (Å²) in [5, 5.41) is 0.817. The molecule has 1 N–H and O–H groups in total. The third-order valence-electron chi connectivity index (χ3n) is 0.689. The molecule has 3 heteroatoms. The Bertz CT molecular complexity index is 143. The van der Waals surface area contributed by atoms with Gasteiger partial charge in [0.25, 0.3) is 0 Å². The van der Waals surface area contributed by atoms with Gasteiger partial charge in [0.15, 0.2) is 0 Å². The van der Waals surface area contributed by atoms with E-state index >= 15 is 0 Å². The summed E-state index contributed by atoms with van der Waals surface area (Å²) < 4.78 is 0. The zero-order valence-electron chi connectivity index (χ0n) is 5.97. The molecule has 0 bridgehead atoms. The van der Waals surface area contributed by atoms with Gasteiger partial charge in [-0.05, 0) is 6.92 Å². The molecule has 0 aliphatic carbocycles. The lowest BCUT2D eigenvalue weighted by Gasteiger charge is -1.73. The minimum Gasteiger partial charge on any atom is -0.338 e. The van der Waals surface area contributed by atoms with E-state index in [1.807, 2.05) is 20.8 Å². The lowest BCUT2D eigenvalue weighted by molar-refractivity contribution is 1.10. The van der Waals surface area contributed by atoms with Crippen LogP contribution in [0.15, 0.2) is 11.2 Å². The van der Waals surface area contributed by atoms with Crippen LogP contribution in [0.3, 0.4) is 0 Å². The van der Waals surface area contributed by atoms with Gasteiger partial charge in [0.05, 0.1) is 11.2 Å². The van der Waals surface area contributed by atoms with Gasteiger partial charge in [0, 0.05) is 0 Å². The van der Waals surface area contributed by atoms with Crippen LogP contribution in [0.1, 0.15) is 19.7 Å². The van der Waals surface area contributed by atoms with Crippen LogP contribution < -0.4 is 0 Å². The Kier molecular flexibility index (Phi) is 4.22. The van der Waals surface area contributed by atoms with E-state index in [1.54, 1.807) is 6.20 Å². The minimum absolute atomic E-state index is 0.817. The summed E-state index contributed by atoms with van der Waals surface area (Å²) in [6.07, 6.45) is 1.68. The fourth-order valence-corrected chi connectivity index (χ4v) is 0.627. The maximum atomic E-state index is 3.99. The van der Waals surface area contributed by atoms with Crippen LogP contribution in [-0.4, -0.2) is 9.97 Å². The number of aromatic amines is 1. The molecular weight excluding hydrogens is 132 g/mol. The molecule has 0 aliphatic heterocycles. The second-order valence-corrected chi connectivity index (χ2v) is 1.84. The largest absolute Gasteiger partial charge is 0.338 e. The molecule has 0 aliphatic rings. The third-order valence-corrected chi connectivity index (χ3v) is 0.917. The van der Waals surface area contributed by atoms with Crippen LogP contribution in [0.2, 0.25) is 0 Å². The molecule has 0 spiro atoms. The number of nitrogens with zero attached hydrogens (tertiary/aromatic N) is 1. The van der Waals surface area contributed by atoms with Gasteiger partial charge in [-0.25, -0.2) is 4.98 Å². The van der Waals surface area contributed by atoms with Gasteiger partial charge < -0.3 is 4.98 Å². The molecule has 0 saturated heterocycles. The molecule has 0 unspecified atom stereocenters. The number of imidazole rings is 1. The summed E-state index contributed by atoms with van der Waals surface area (Å²) in [5.41, 5.74) is 0. The summed E-state index contributed by atoms with van der Waals surface area (Å²) in [5.74, 6) is 0.907. The molecule has 1 aromatic rings. The van der Waals surface area contributed by atoms with E-state index in [1.165, 1.54) is 0 Å². The fraction of sp³-hybridized carbons (Fsp3) is 0.500. The van der Waals surface area contributed by atoms with Crippen molar-refractivity contribution in [1.29, 1.82) is 0 Å². The molecule has 0 radical (unpaired) electrons. The van der Waals surface area contributed by atoms with E-state index in [2.05, 4.69) is 22.6 Å². The Hall–Kier alpha value is -0.440. The van der Waals surface area contributed by atoms with Crippen molar-refractivity contribution in [2.75, 3.05) is 0 Å². The van der Waals surface area contributed by atoms with Gasteiger partial charge in [-0.1, -0.05) is 13.8 Å². The van der Waals surface area contributed by atoms with Gasteiger partial charge in [0.1, 0.15) is 5.82 Å². The van der Waals surface area contributed by atoms with Crippen molar-refractivity contribution < 1.29 is 0 Å². The number of hydrogen-bond acceptors (Lipinski definition) is 2. The van der Waals surface area contributed by atoms with E-state index in [-0.39, 0.29) is 0 Å². The normalized spacial score (nSPS) is 8.00. The molecular formula is C6H12N2S. The Labute approximate surface area is 61.1 Å². The highest BCUT2D eigenvalue weighted by Gasteiger charge is 1.84. The molecule has 0 fully saturated rings. The van der Waals surface area contributed by atoms with Gasteiger partial charge in [-0.2, -0.15) is 0 Å². The summed E-state index contributed by atoms with van der Waals surface area (Å²) in [6, 6.07) is 0. The van der Waals surface area contributed by atoms with Gasteiger partial charge in [-0.3, -0.25) is 0 Å². The molecule has 0 amide bonds. The fourth-order valence-electron chi connectivity index (χ4n) is 0.408. The zero-order chi connectivity index (χ0) is 7.28. The molecule has 2 nitrogen and oxygen atoms in total. The van der Waals surface area contributed by atoms with E-state index in [9.17, 15) is 0 Å². The SMILES string of the molecule is CC.Cc1ncc(S)[nH]1. The Morgan fingerprint density at radius 3 is 2.22 bits per heavy atom. The minimum atomic E-state index is 0.817. The van der Waals surface area contributed by atoms with Crippen molar-refractivity contribution in [3.63, 3.8) is 0 Å². The number of H-pyrrole nitrogens is 1. The Morgan fingerprint density at radius 1 is 1.56 bits per heavy atom. The third kappa shape index (κ3) is 3.19. The Balaban J connectivity index is 0.000000291. The molecule has 0 aromatic carbocycles. The first-order valence-electron chi connectivity index (χ1n) is 2.99. The number of thiol groups is 1. The van der Waals surface area contributed by atoms with Crippen molar-refractivity contribution >= 4 is 12.6 Å². The van der Waals surface area contributed by atoms with Crippen molar-refractivity contribution in [3.8, 4) is 0 Å². The molecule has 1 aromatic heterocycles. The number of hydrogen-bond donors (Lipinski definition) is 2. The number of rotatable bonds is 0. The number of nitrogens with one attached hydrogen (secondary N) is 1. The smallest absolute Gasteiger partial charge is 0.103 e. The highest BCUT2D eigenvalue weighted by molar-refractivity contribution is 7.80. The molecule has 52 valence electrons. The van der Waals surface area contributed by atoms with Gasteiger partial charge in [-0.15, -0.1) is 12.6 Å². The van der Waals surface area contributed by atoms with Crippen molar-refractivity contribution in [3.05, 3.63) is 12.0 Å². The van der Waals surface area contributed by atoms with E-state index in [0.717, 1.165) is 10.9 Å². The van der Waals surface area contributed by atoms with Crippen LogP contribution in [0, 0.1) is 6.92 Å².